The summed E-state index contributed by atoms with van der Waals surface area (Å²) in [5.41, 5.74) is 0.374. The molecule has 0 saturated carbocycles. The molecule has 0 spiro atoms. The van der Waals surface area contributed by atoms with Crippen LogP contribution in [0.25, 0.3) is 0 Å². The van der Waals surface area contributed by atoms with Crippen LogP contribution in [-0.4, -0.2) is 11.8 Å². The first-order chi connectivity index (χ1) is 9.91. The second-order valence-corrected chi connectivity index (χ2v) is 8.24. The maximum atomic E-state index is 12.2. The quantitative estimate of drug-likeness (QED) is 0.887. The van der Waals surface area contributed by atoms with Crippen molar-refractivity contribution in [1.29, 1.82) is 0 Å². The second kappa shape index (κ2) is 6.82. The van der Waals surface area contributed by atoms with Gasteiger partial charge in [-0.05, 0) is 29.0 Å². The van der Waals surface area contributed by atoms with E-state index >= 15 is 0 Å². The SMILES string of the molecule is CC(C)(C)C(=O)NC(=O)CC(c1ccc(Cl)cc1)C(C)(C)C. The molecule has 0 heterocycles. The molecular formula is C18H26ClNO2. The fourth-order valence-corrected chi connectivity index (χ4v) is 2.30. The number of nitrogens with one attached hydrogen (secondary N) is 1. The summed E-state index contributed by atoms with van der Waals surface area (Å²) in [5, 5.41) is 3.17. The minimum absolute atomic E-state index is 0.0116. The molecule has 0 bridgehead atoms. The van der Waals surface area contributed by atoms with Gasteiger partial charge in [-0.1, -0.05) is 65.3 Å². The lowest BCUT2D eigenvalue weighted by atomic mass is 9.74. The zero-order chi connectivity index (χ0) is 17.1. The number of amides is 2. The Bertz CT molecular complexity index is 536. The van der Waals surface area contributed by atoms with Crippen molar-refractivity contribution in [3.05, 3.63) is 34.9 Å². The van der Waals surface area contributed by atoms with E-state index in [1.54, 1.807) is 20.8 Å². The van der Waals surface area contributed by atoms with Gasteiger partial charge in [-0.2, -0.15) is 0 Å². The number of rotatable bonds is 3. The topological polar surface area (TPSA) is 46.2 Å². The third-order valence-electron chi connectivity index (χ3n) is 3.64. The van der Waals surface area contributed by atoms with Gasteiger partial charge in [0, 0.05) is 16.9 Å². The molecule has 122 valence electrons. The highest BCUT2D eigenvalue weighted by Gasteiger charge is 2.30. The highest BCUT2D eigenvalue weighted by atomic mass is 35.5. The number of hydrogen-bond acceptors (Lipinski definition) is 2. The van der Waals surface area contributed by atoms with E-state index in [4.69, 9.17) is 11.6 Å². The maximum absolute atomic E-state index is 12.2. The molecule has 1 aromatic rings. The number of carbonyl (C=O) groups excluding carboxylic acids is 2. The van der Waals surface area contributed by atoms with E-state index in [0.29, 0.717) is 5.02 Å². The molecule has 2 amide bonds. The van der Waals surface area contributed by atoms with Crippen LogP contribution >= 0.6 is 11.6 Å². The normalized spacial score (nSPS) is 13.6. The summed E-state index contributed by atoms with van der Waals surface area (Å²) in [6.45, 7) is 11.6. The lowest BCUT2D eigenvalue weighted by molar-refractivity contribution is -0.135. The Morgan fingerprint density at radius 2 is 1.55 bits per heavy atom. The number of halogens is 1. The number of carbonyl (C=O) groups is 2. The first-order valence-corrected chi connectivity index (χ1v) is 7.89. The molecule has 0 radical (unpaired) electrons. The van der Waals surface area contributed by atoms with Crippen LogP contribution < -0.4 is 5.32 Å². The molecule has 1 aromatic carbocycles. The summed E-state index contributed by atoms with van der Waals surface area (Å²) < 4.78 is 0. The zero-order valence-electron chi connectivity index (χ0n) is 14.3. The van der Waals surface area contributed by atoms with E-state index in [9.17, 15) is 9.59 Å². The average Bonchev–Trinajstić information content (AvgIpc) is 2.34. The molecule has 1 unspecified atom stereocenters. The predicted molar refractivity (Wildman–Crippen MR) is 90.9 cm³/mol. The third kappa shape index (κ3) is 5.45. The van der Waals surface area contributed by atoms with E-state index in [0.717, 1.165) is 5.56 Å². The molecule has 1 N–H and O–H groups in total. The van der Waals surface area contributed by atoms with E-state index < -0.39 is 5.41 Å². The molecule has 3 nitrogen and oxygen atoms in total. The van der Waals surface area contributed by atoms with Crippen LogP contribution in [0.1, 0.15) is 59.4 Å². The van der Waals surface area contributed by atoms with Crippen LogP contribution in [-0.2, 0) is 9.59 Å². The Morgan fingerprint density at radius 3 is 1.95 bits per heavy atom. The molecule has 1 atom stereocenters. The van der Waals surface area contributed by atoms with Crippen LogP contribution in [0.4, 0.5) is 0 Å². The van der Waals surface area contributed by atoms with Gasteiger partial charge in [-0.3, -0.25) is 14.9 Å². The third-order valence-corrected chi connectivity index (χ3v) is 3.89. The van der Waals surface area contributed by atoms with Crippen molar-refractivity contribution in [1.82, 2.24) is 5.32 Å². The van der Waals surface area contributed by atoms with Gasteiger partial charge in [-0.25, -0.2) is 0 Å². The van der Waals surface area contributed by atoms with Gasteiger partial charge in [0.1, 0.15) is 0 Å². The van der Waals surface area contributed by atoms with E-state index in [1.807, 2.05) is 24.3 Å². The fourth-order valence-electron chi connectivity index (χ4n) is 2.17. The summed E-state index contributed by atoms with van der Waals surface area (Å²) in [6, 6.07) is 7.54. The van der Waals surface area contributed by atoms with Gasteiger partial charge in [-0.15, -0.1) is 0 Å². The van der Waals surface area contributed by atoms with Crippen molar-refractivity contribution in [2.24, 2.45) is 10.8 Å². The summed E-state index contributed by atoms with van der Waals surface area (Å²) >= 11 is 5.93. The molecule has 0 saturated heterocycles. The van der Waals surface area contributed by atoms with Crippen molar-refractivity contribution in [2.45, 2.75) is 53.9 Å². The molecule has 1 rings (SSSR count). The second-order valence-electron chi connectivity index (χ2n) is 7.80. The Balaban J connectivity index is 2.90. The highest BCUT2D eigenvalue weighted by Crippen LogP contribution is 2.38. The number of imide groups is 1. The van der Waals surface area contributed by atoms with E-state index in [-0.39, 0.29) is 29.6 Å². The maximum Gasteiger partial charge on any atom is 0.231 e. The molecule has 0 aliphatic carbocycles. The summed E-state index contributed by atoms with van der Waals surface area (Å²) in [4.78, 5) is 24.2. The van der Waals surface area contributed by atoms with E-state index in [2.05, 4.69) is 26.1 Å². The highest BCUT2D eigenvalue weighted by molar-refractivity contribution is 6.30. The minimum Gasteiger partial charge on any atom is -0.296 e. The van der Waals surface area contributed by atoms with Crippen molar-refractivity contribution in [3.8, 4) is 0 Å². The largest absolute Gasteiger partial charge is 0.296 e. The van der Waals surface area contributed by atoms with Gasteiger partial charge in [0.05, 0.1) is 0 Å². The lowest BCUT2D eigenvalue weighted by Crippen LogP contribution is -2.40. The van der Waals surface area contributed by atoms with Crippen molar-refractivity contribution >= 4 is 23.4 Å². The first kappa shape index (κ1) is 18.7. The van der Waals surface area contributed by atoms with E-state index in [1.165, 1.54) is 0 Å². The summed E-state index contributed by atoms with van der Waals surface area (Å²) in [6.07, 6.45) is 0.271. The first-order valence-electron chi connectivity index (χ1n) is 7.51. The summed E-state index contributed by atoms with van der Waals surface area (Å²) in [5.74, 6) is -0.478. The molecule has 0 aliphatic heterocycles. The fraction of sp³-hybridized carbons (Fsp3) is 0.556. The van der Waals surface area contributed by atoms with Crippen molar-refractivity contribution in [3.63, 3.8) is 0 Å². The van der Waals surface area contributed by atoms with Gasteiger partial charge >= 0.3 is 0 Å². The van der Waals surface area contributed by atoms with Gasteiger partial charge < -0.3 is 0 Å². The number of benzene rings is 1. The van der Waals surface area contributed by atoms with Gasteiger partial charge in [0.25, 0.3) is 0 Å². The van der Waals surface area contributed by atoms with Crippen LogP contribution in [0.5, 0.6) is 0 Å². The Hall–Kier alpha value is -1.35. The van der Waals surface area contributed by atoms with Crippen LogP contribution in [0.3, 0.4) is 0 Å². The molecule has 22 heavy (non-hydrogen) atoms. The standard InChI is InChI=1S/C18H26ClNO2/c1-17(2,3)14(12-7-9-13(19)10-8-12)11-15(21)20-16(22)18(4,5)6/h7-10,14H,11H2,1-6H3,(H,20,21,22). The minimum atomic E-state index is -0.576. The van der Waals surface area contributed by atoms with Crippen molar-refractivity contribution < 1.29 is 9.59 Å². The monoisotopic (exact) mass is 323 g/mol. The lowest BCUT2D eigenvalue weighted by Gasteiger charge is -2.31. The van der Waals surface area contributed by atoms with Crippen LogP contribution in [0.15, 0.2) is 24.3 Å². The molecule has 0 aromatic heterocycles. The summed E-state index contributed by atoms with van der Waals surface area (Å²) in [7, 11) is 0. The predicted octanol–water partition coefficient (Wildman–Crippen LogP) is 4.55. The Morgan fingerprint density at radius 1 is 1.05 bits per heavy atom. The van der Waals surface area contributed by atoms with Gasteiger partial charge in [0.15, 0.2) is 0 Å². The van der Waals surface area contributed by atoms with Gasteiger partial charge in [0.2, 0.25) is 11.8 Å². The zero-order valence-corrected chi connectivity index (χ0v) is 15.0. The molecule has 0 fully saturated rings. The Labute approximate surface area is 138 Å². The average molecular weight is 324 g/mol. The smallest absolute Gasteiger partial charge is 0.231 e. The molecule has 0 aliphatic rings. The van der Waals surface area contributed by atoms with Crippen molar-refractivity contribution in [2.75, 3.05) is 0 Å². The number of hydrogen-bond donors (Lipinski definition) is 1. The van der Waals surface area contributed by atoms with Crippen LogP contribution in [0.2, 0.25) is 5.02 Å². The molecule has 4 heteroatoms. The van der Waals surface area contributed by atoms with Crippen LogP contribution in [0, 0.1) is 10.8 Å². The Kier molecular flexibility index (Phi) is 5.80. The molecular weight excluding hydrogens is 298 g/mol.